The Labute approximate surface area is 183 Å². The number of likely N-dealkylation sites (tertiary alicyclic amines) is 1. The SMILES string of the molecule is COc1ccc2c3c1O[C@@H]1[C@]34CCN(CC3CC3)[C@H](C2)[C@]42CC[C@@]1(OC)C(=NO)C2C. The van der Waals surface area contributed by atoms with Crippen LogP contribution in [0.2, 0.25) is 0 Å². The van der Waals surface area contributed by atoms with Crippen LogP contribution in [-0.2, 0) is 16.6 Å². The largest absolute Gasteiger partial charge is 0.493 e. The van der Waals surface area contributed by atoms with Crippen LogP contribution in [-0.4, -0.2) is 60.9 Å². The summed E-state index contributed by atoms with van der Waals surface area (Å²) < 4.78 is 18.9. The minimum absolute atomic E-state index is 0.00271. The molecular formula is C25H32N2O4. The van der Waals surface area contributed by atoms with Gasteiger partial charge in [0.15, 0.2) is 11.5 Å². The number of hydrogen-bond acceptors (Lipinski definition) is 6. The maximum absolute atomic E-state index is 10.2. The zero-order chi connectivity index (χ0) is 21.2. The van der Waals surface area contributed by atoms with Crippen molar-refractivity contribution in [3.8, 4) is 11.5 Å². The molecule has 1 aromatic carbocycles. The van der Waals surface area contributed by atoms with Gasteiger partial charge in [-0.2, -0.15) is 0 Å². The Bertz CT molecular complexity index is 1010. The lowest BCUT2D eigenvalue weighted by atomic mass is 9.33. The summed E-state index contributed by atoms with van der Waals surface area (Å²) in [6, 6.07) is 4.80. The Morgan fingerprint density at radius 1 is 1.23 bits per heavy atom. The lowest BCUT2D eigenvalue weighted by Crippen LogP contribution is -2.84. The van der Waals surface area contributed by atoms with Gasteiger partial charge in [0, 0.05) is 42.0 Å². The second kappa shape index (κ2) is 5.76. The van der Waals surface area contributed by atoms with Gasteiger partial charge in [0.2, 0.25) is 0 Å². The van der Waals surface area contributed by atoms with E-state index in [1.54, 1.807) is 14.2 Å². The second-order valence-electron chi connectivity index (χ2n) is 10.8. The highest BCUT2D eigenvalue weighted by Gasteiger charge is 2.82. The van der Waals surface area contributed by atoms with E-state index in [-0.39, 0.29) is 22.9 Å². The first kappa shape index (κ1) is 18.8. The number of fused-ring (bicyclic) bond motifs is 2. The molecule has 0 radical (unpaired) electrons. The number of rotatable bonds is 4. The summed E-state index contributed by atoms with van der Waals surface area (Å²) in [7, 11) is 3.49. The summed E-state index contributed by atoms with van der Waals surface area (Å²) in [5.41, 5.74) is 2.79. The van der Waals surface area contributed by atoms with Crippen LogP contribution >= 0.6 is 0 Å². The Kier molecular flexibility index (Phi) is 3.48. The minimum Gasteiger partial charge on any atom is -0.493 e. The molecule has 2 heterocycles. The first-order valence-electron chi connectivity index (χ1n) is 12.0. The quantitative estimate of drug-likeness (QED) is 0.593. The van der Waals surface area contributed by atoms with Gasteiger partial charge in [-0.25, -0.2) is 0 Å². The molecule has 8 rings (SSSR count). The number of methoxy groups -OCH3 is 2. The van der Waals surface area contributed by atoms with E-state index in [1.165, 1.54) is 30.5 Å². The fourth-order valence-electron chi connectivity index (χ4n) is 8.98. The summed E-state index contributed by atoms with van der Waals surface area (Å²) in [6.07, 6.45) is 6.62. The molecule has 5 fully saturated rings. The zero-order valence-electron chi connectivity index (χ0n) is 18.7. The standard InChI is InChI=1S/C25H32N2O4/c1-14-21(26-28)25(30-3)9-8-23(14)18-12-16-6-7-17(29-2)20-19(16)24(23,22(25)31-20)10-11-27(18)13-15-4-5-15/h6-7,14-15,18,22,28H,4-5,8-13H2,1-3H3/t14?,18-,22-,23-,24+,25-/m1/s1. The molecule has 2 aliphatic heterocycles. The molecule has 31 heavy (non-hydrogen) atoms. The van der Waals surface area contributed by atoms with Crippen molar-refractivity contribution in [2.75, 3.05) is 27.3 Å². The smallest absolute Gasteiger partial charge is 0.165 e. The number of ether oxygens (including phenoxy) is 3. The van der Waals surface area contributed by atoms with Crippen LogP contribution in [0.5, 0.6) is 11.5 Å². The average Bonchev–Trinajstić information content (AvgIpc) is 3.53. The van der Waals surface area contributed by atoms with Crippen molar-refractivity contribution in [3.05, 3.63) is 23.3 Å². The molecule has 4 saturated carbocycles. The molecule has 4 bridgehead atoms. The third-order valence-electron chi connectivity index (χ3n) is 10.2. The van der Waals surface area contributed by atoms with Gasteiger partial charge in [-0.1, -0.05) is 18.1 Å². The highest BCUT2D eigenvalue weighted by Crippen LogP contribution is 2.76. The van der Waals surface area contributed by atoms with Crippen LogP contribution in [0.4, 0.5) is 0 Å². The number of nitrogens with zero attached hydrogens (tertiary/aromatic N) is 2. The number of benzene rings is 1. The summed E-state index contributed by atoms with van der Waals surface area (Å²) in [5, 5.41) is 14.2. The van der Waals surface area contributed by atoms with E-state index in [1.807, 2.05) is 0 Å². The lowest BCUT2D eigenvalue weighted by molar-refractivity contribution is -0.220. The van der Waals surface area contributed by atoms with Crippen LogP contribution in [0.25, 0.3) is 0 Å². The van der Waals surface area contributed by atoms with E-state index >= 15 is 0 Å². The maximum Gasteiger partial charge on any atom is 0.165 e. The molecule has 1 unspecified atom stereocenters. The van der Waals surface area contributed by atoms with Gasteiger partial charge >= 0.3 is 0 Å². The van der Waals surface area contributed by atoms with Crippen LogP contribution in [0.3, 0.4) is 0 Å². The molecule has 0 amide bonds. The minimum atomic E-state index is -0.683. The Morgan fingerprint density at radius 2 is 2.06 bits per heavy atom. The van der Waals surface area contributed by atoms with Gasteiger partial charge in [-0.05, 0) is 62.6 Å². The molecule has 0 aromatic heterocycles. The first-order valence-corrected chi connectivity index (χ1v) is 12.0. The van der Waals surface area contributed by atoms with E-state index in [9.17, 15) is 5.21 Å². The fourth-order valence-corrected chi connectivity index (χ4v) is 8.98. The van der Waals surface area contributed by atoms with E-state index in [2.05, 4.69) is 29.1 Å². The van der Waals surface area contributed by atoms with Crippen LogP contribution in [0.1, 0.15) is 50.2 Å². The van der Waals surface area contributed by atoms with Gasteiger partial charge in [-0.3, -0.25) is 4.90 Å². The predicted molar refractivity (Wildman–Crippen MR) is 115 cm³/mol. The average molecular weight is 425 g/mol. The highest BCUT2D eigenvalue weighted by molar-refractivity contribution is 5.99. The van der Waals surface area contributed by atoms with Crippen LogP contribution < -0.4 is 9.47 Å². The number of oxime groups is 1. The highest BCUT2D eigenvalue weighted by atomic mass is 16.6. The van der Waals surface area contributed by atoms with E-state index in [0.717, 1.165) is 55.4 Å². The first-order chi connectivity index (χ1) is 15.1. The van der Waals surface area contributed by atoms with Crippen molar-refractivity contribution < 1.29 is 19.4 Å². The molecule has 1 N–H and O–H groups in total. The molecule has 7 aliphatic rings. The third-order valence-corrected chi connectivity index (χ3v) is 10.2. The molecule has 2 spiro atoms. The monoisotopic (exact) mass is 424 g/mol. The van der Waals surface area contributed by atoms with Gasteiger partial charge in [0.1, 0.15) is 11.7 Å². The van der Waals surface area contributed by atoms with Crippen molar-refractivity contribution in [3.63, 3.8) is 0 Å². The predicted octanol–water partition coefficient (Wildman–Crippen LogP) is 3.38. The molecule has 166 valence electrons. The maximum atomic E-state index is 10.2. The van der Waals surface area contributed by atoms with Crippen molar-refractivity contribution in [2.24, 2.45) is 22.4 Å². The van der Waals surface area contributed by atoms with Gasteiger partial charge in [-0.15, -0.1) is 0 Å². The van der Waals surface area contributed by atoms with Crippen molar-refractivity contribution >= 4 is 5.71 Å². The van der Waals surface area contributed by atoms with Gasteiger partial charge in [0.05, 0.1) is 12.8 Å². The Hall–Kier alpha value is -1.79. The van der Waals surface area contributed by atoms with E-state index < -0.39 is 5.60 Å². The summed E-state index contributed by atoms with van der Waals surface area (Å²) in [6.45, 7) is 4.60. The summed E-state index contributed by atoms with van der Waals surface area (Å²) in [4.78, 5) is 2.79. The Morgan fingerprint density at radius 3 is 2.77 bits per heavy atom. The van der Waals surface area contributed by atoms with Crippen molar-refractivity contribution in [1.29, 1.82) is 0 Å². The molecule has 1 aromatic rings. The number of hydrogen-bond donors (Lipinski definition) is 1. The molecule has 6 nitrogen and oxygen atoms in total. The Balaban J connectivity index is 1.53. The van der Waals surface area contributed by atoms with Gasteiger partial charge < -0.3 is 19.4 Å². The van der Waals surface area contributed by atoms with E-state index in [4.69, 9.17) is 14.2 Å². The van der Waals surface area contributed by atoms with Crippen molar-refractivity contribution in [1.82, 2.24) is 4.90 Å². The summed E-state index contributed by atoms with van der Waals surface area (Å²) >= 11 is 0. The lowest BCUT2D eigenvalue weighted by Gasteiger charge is -2.74. The van der Waals surface area contributed by atoms with E-state index in [0.29, 0.717) is 6.04 Å². The molecule has 1 saturated heterocycles. The van der Waals surface area contributed by atoms with Crippen molar-refractivity contribution in [2.45, 2.75) is 68.6 Å². The molecular weight excluding hydrogens is 392 g/mol. The fraction of sp³-hybridized carbons (Fsp3) is 0.720. The van der Waals surface area contributed by atoms with Crippen LogP contribution in [0, 0.1) is 17.3 Å². The number of piperidine rings is 1. The molecule has 5 aliphatic carbocycles. The second-order valence-corrected chi connectivity index (χ2v) is 10.8. The molecule has 6 heteroatoms. The topological polar surface area (TPSA) is 63.5 Å². The normalized spacial score (nSPS) is 45.5. The molecule has 6 atom stereocenters. The third kappa shape index (κ3) is 1.82. The summed E-state index contributed by atoms with van der Waals surface area (Å²) in [5.74, 6) is 2.74. The van der Waals surface area contributed by atoms with Crippen LogP contribution in [0.15, 0.2) is 17.3 Å². The zero-order valence-corrected chi connectivity index (χ0v) is 18.7. The van der Waals surface area contributed by atoms with Gasteiger partial charge in [0.25, 0.3) is 0 Å².